The highest BCUT2D eigenvalue weighted by molar-refractivity contribution is 6.51. The molecule has 1 unspecified atom stereocenters. The topological polar surface area (TPSA) is 162 Å². The Morgan fingerprint density at radius 2 is 1.44 bits per heavy atom. The van der Waals surface area contributed by atoms with Crippen LogP contribution in [0.3, 0.4) is 0 Å². The van der Waals surface area contributed by atoms with Gasteiger partial charge in [0.25, 0.3) is 11.7 Å². The standard InChI is InChI=1S/C26H19NO9/c1-36-17-9-6-14(7-10-17)22(29)20-21(13-2-4-15(5-3-13)25(32)33)27(24(31)23(20)30)16-8-11-19(28)18(12-16)26(34)35/h2-12,21,28-29H,1H3,(H,32,33)(H,34,35). The Morgan fingerprint density at radius 1 is 0.833 bits per heavy atom. The highest BCUT2D eigenvalue weighted by Crippen LogP contribution is 2.43. The van der Waals surface area contributed by atoms with E-state index in [1.807, 2.05) is 0 Å². The molecule has 3 aromatic carbocycles. The van der Waals surface area contributed by atoms with E-state index in [1.165, 1.54) is 49.6 Å². The Hall–Kier alpha value is -5.12. The zero-order valence-electron chi connectivity index (χ0n) is 18.7. The average Bonchev–Trinajstić information content (AvgIpc) is 3.14. The molecule has 0 radical (unpaired) electrons. The SMILES string of the molecule is COc1ccc(C(O)=C2C(=O)C(=O)N(c3ccc(O)c(C(=O)O)c3)C2c2ccc(C(=O)O)cc2)cc1. The molecule has 10 nitrogen and oxygen atoms in total. The third-order valence-corrected chi connectivity index (χ3v) is 5.77. The third-order valence-electron chi connectivity index (χ3n) is 5.77. The summed E-state index contributed by atoms with van der Waals surface area (Å²) in [6, 6.07) is 13.6. The van der Waals surface area contributed by atoms with E-state index in [2.05, 4.69) is 0 Å². The van der Waals surface area contributed by atoms with Crippen molar-refractivity contribution >= 4 is 35.1 Å². The van der Waals surface area contributed by atoms with Crippen molar-refractivity contribution in [2.45, 2.75) is 6.04 Å². The second-order valence-electron chi connectivity index (χ2n) is 7.83. The molecule has 1 aliphatic rings. The van der Waals surface area contributed by atoms with E-state index >= 15 is 0 Å². The predicted octanol–water partition coefficient (Wildman–Crippen LogP) is 3.42. The van der Waals surface area contributed by atoms with Crippen LogP contribution >= 0.6 is 0 Å². The summed E-state index contributed by atoms with van der Waals surface area (Å²) in [5.74, 6) is -5.23. The Kier molecular flexibility index (Phi) is 6.18. The Balaban J connectivity index is 1.94. The molecule has 36 heavy (non-hydrogen) atoms. The molecule has 1 amide bonds. The molecule has 182 valence electrons. The van der Waals surface area contributed by atoms with Gasteiger partial charge in [0.1, 0.15) is 22.8 Å². The van der Waals surface area contributed by atoms with Crippen molar-refractivity contribution < 1.29 is 44.3 Å². The lowest BCUT2D eigenvalue weighted by molar-refractivity contribution is -0.132. The fraction of sp³-hybridized carbons (Fsp3) is 0.0769. The zero-order valence-corrected chi connectivity index (χ0v) is 18.7. The molecule has 0 aliphatic carbocycles. The molecule has 0 aromatic heterocycles. The number of carboxylic acids is 2. The van der Waals surface area contributed by atoms with Crippen LogP contribution in [0.15, 0.2) is 72.3 Å². The van der Waals surface area contributed by atoms with Crippen molar-refractivity contribution in [3.05, 3.63) is 94.6 Å². The number of phenols is 1. The van der Waals surface area contributed by atoms with Crippen molar-refractivity contribution in [3.63, 3.8) is 0 Å². The fourth-order valence-corrected chi connectivity index (χ4v) is 3.97. The van der Waals surface area contributed by atoms with Crippen LogP contribution in [0.2, 0.25) is 0 Å². The van der Waals surface area contributed by atoms with Gasteiger partial charge in [0, 0.05) is 11.3 Å². The number of amides is 1. The Bertz CT molecular complexity index is 1420. The van der Waals surface area contributed by atoms with Crippen LogP contribution in [0.5, 0.6) is 11.5 Å². The number of aliphatic hydroxyl groups excluding tert-OH is 1. The molecular weight excluding hydrogens is 470 g/mol. The van der Waals surface area contributed by atoms with Crippen LogP contribution < -0.4 is 9.64 Å². The Morgan fingerprint density at radius 3 is 2.00 bits per heavy atom. The summed E-state index contributed by atoms with van der Waals surface area (Å²) in [5, 5.41) is 39.6. The maximum Gasteiger partial charge on any atom is 0.339 e. The van der Waals surface area contributed by atoms with E-state index in [4.69, 9.17) is 4.74 Å². The molecule has 1 fully saturated rings. The number of aliphatic hydroxyl groups is 1. The number of ketones is 1. The smallest absolute Gasteiger partial charge is 0.339 e. The quantitative estimate of drug-likeness (QED) is 0.231. The number of aromatic carboxylic acids is 2. The number of carbonyl (C=O) groups is 4. The first-order valence-corrected chi connectivity index (χ1v) is 10.5. The van der Waals surface area contributed by atoms with E-state index in [9.17, 15) is 39.6 Å². The van der Waals surface area contributed by atoms with Crippen molar-refractivity contribution in [2.24, 2.45) is 0 Å². The minimum Gasteiger partial charge on any atom is -0.507 e. The number of hydrogen-bond acceptors (Lipinski definition) is 7. The van der Waals surface area contributed by atoms with Crippen LogP contribution in [0, 0.1) is 0 Å². The first-order chi connectivity index (χ1) is 17.1. The highest BCUT2D eigenvalue weighted by Gasteiger charge is 2.47. The monoisotopic (exact) mass is 489 g/mol. The number of nitrogens with zero attached hydrogens (tertiary/aromatic N) is 1. The number of aromatic hydroxyl groups is 1. The molecule has 0 saturated carbocycles. The number of anilines is 1. The number of Topliss-reactive ketones (excluding diaryl/α,β-unsaturated/α-hetero) is 1. The first-order valence-electron chi connectivity index (χ1n) is 10.5. The van der Waals surface area contributed by atoms with Crippen LogP contribution in [-0.2, 0) is 9.59 Å². The van der Waals surface area contributed by atoms with Crippen LogP contribution in [0.25, 0.3) is 5.76 Å². The van der Waals surface area contributed by atoms with E-state index in [-0.39, 0.29) is 22.4 Å². The van der Waals surface area contributed by atoms with Gasteiger partial charge in [-0.1, -0.05) is 12.1 Å². The minimum atomic E-state index is -1.45. The number of benzene rings is 3. The molecule has 10 heteroatoms. The summed E-state index contributed by atoms with van der Waals surface area (Å²) < 4.78 is 5.11. The number of carboxylic acid groups (broad SMARTS) is 2. The lowest BCUT2D eigenvalue weighted by atomic mass is 9.94. The number of carbonyl (C=O) groups excluding carboxylic acids is 2. The molecule has 1 heterocycles. The van der Waals surface area contributed by atoms with Crippen molar-refractivity contribution in [1.82, 2.24) is 0 Å². The molecule has 4 N–H and O–H groups in total. The van der Waals surface area contributed by atoms with Gasteiger partial charge in [0.05, 0.1) is 24.3 Å². The van der Waals surface area contributed by atoms with Crippen LogP contribution in [0.1, 0.15) is 37.9 Å². The number of hydrogen-bond donors (Lipinski definition) is 4. The van der Waals surface area contributed by atoms with Gasteiger partial charge in [-0.25, -0.2) is 9.59 Å². The average molecular weight is 489 g/mol. The molecule has 0 bridgehead atoms. The third kappa shape index (κ3) is 4.11. The van der Waals surface area contributed by atoms with Crippen molar-refractivity contribution in [1.29, 1.82) is 0 Å². The van der Waals surface area contributed by atoms with Gasteiger partial charge in [-0.2, -0.15) is 0 Å². The molecule has 4 rings (SSSR count). The van der Waals surface area contributed by atoms with E-state index < -0.39 is 46.7 Å². The maximum atomic E-state index is 13.2. The predicted molar refractivity (Wildman–Crippen MR) is 126 cm³/mol. The zero-order chi connectivity index (χ0) is 26.1. The van der Waals surface area contributed by atoms with E-state index in [1.54, 1.807) is 12.1 Å². The maximum absolute atomic E-state index is 13.2. The first kappa shape index (κ1) is 24.0. The number of rotatable bonds is 6. The van der Waals surface area contributed by atoms with Crippen LogP contribution in [0.4, 0.5) is 5.69 Å². The molecule has 1 saturated heterocycles. The van der Waals surface area contributed by atoms with E-state index in [0.29, 0.717) is 11.3 Å². The lowest BCUT2D eigenvalue weighted by Crippen LogP contribution is -2.29. The fourth-order valence-electron chi connectivity index (χ4n) is 3.97. The van der Waals surface area contributed by atoms with Gasteiger partial charge in [-0.05, 0) is 60.2 Å². The minimum absolute atomic E-state index is 0.0200. The lowest BCUT2D eigenvalue weighted by Gasteiger charge is -2.26. The summed E-state index contributed by atoms with van der Waals surface area (Å²) in [4.78, 5) is 50.2. The molecular formula is C26H19NO9. The van der Waals surface area contributed by atoms with Gasteiger partial charge in [-0.15, -0.1) is 0 Å². The van der Waals surface area contributed by atoms with Crippen LogP contribution in [-0.4, -0.2) is 51.2 Å². The largest absolute Gasteiger partial charge is 0.507 e. The number of methoxy groups -OCH3 is 1. The summed E-state index contributed by atoms with van der Waals surface area (Å²) in [7, 11) is 1.46. The van der Waals surface area contributed by atoms with Crippen molar-refractivity contribution in [2.75, 3.05) is 12.0 Å². The molecule has 1 atom stereocenters. The molecule has 1 aliphatic heterocycles. The van der Waals surface area contributed by atoms with Gasteiger partial charge < -0.3 is 25.2 Å². The van der Waals surface area contributed by atoms with Gasteiger partial charge in [-0.3, -0.25) is 14.5 Å². The summed E-state index contributed by atoms with van der Waals surface area (Å²) in [5.41, 5.74) is -0.322. The Labute approximate surface area is 203 Å². The highest BCUT2D eigenvalue weighted by atomic mass is 16.5. The van der Waals surface area contributed by atoms with Crippen molar-refractivity contribution in [3.8, 4) is 11.5 Å². The summed E-state index contributed by atoms with van der Waals surface area (Å²) in [6.07, 6.45) is 0. The van der Waals surface area contributed by atoms with Gasteiger partial charge in [0.2, 0.25) is 0 Å². The summed E-state index contributed by atoms with van der Waals surface area (Å²) >= 11 is 0. The summed E-state index contributed by atoms with van der Waals surface area (Å²) in [6.45, 7) is 0. The molecule has 0 spiro atoms. The second kappa shape index (κ2) is 9.26. The van der Waals surface area contributed by atoms with Gasteiger partial charge >= 0.3 is 11.9 Å². The normalized spacial score (nSPS) is 16.7. The molecule has 3 aromatic rings. The number of ether oxygens (including phenoxy) is 1. The second-order valence-corrected chi connectivity index (χ2v) is 7.83. The van der Waals surface area contributed by atoms with E-state index in [0.717, 1.165) is 17.0 Å². The van der Waals surface area contributed by atoms with Gasteiger partial charge in [0.15, 0.2) is 0 Å².